The summed E-state index contributed by atoms with van der Waals surface area (Å²) < 4.78 is 0. The SMILES string of the molecule is N#C/C(=C/N1CCN(c2ncccn2)CC1)C(=O)Nc1ccc(N)c(Cl)c1. The maximum Gasteiger partial charge on any atom is 0.267 e. The number of hydrogen-bond donors (Lipinski definition) is 2. The van der Waals surface area contributed by atoms with Crippen molar-refractivity contribution in [2.75, 3.05) is 42.1 Å². The van der Waals surface area contributed by atoms with Crippen LogP contribution in [0.2, 0.25) is 5.02 Å². The Morgan fingerprint density at radius 1 is 1.26 bits per heavy atom. The standard InChI is InChI=1S/C18H18ClN7O/c19-15-10-14(2-3-16(15)21)24-17(27)13(11-20)12-25-6-8-26(9-7-25)18-22-4-1-5-23-18/h1-5,10,12H,6-9,21H2,(H,24,27)/b13-12-. The fourth-order valence-corrected chi connectivity index (χ4v) is 2.81. The molecule has 1 saturated heterocycles. The normalized spacial score (nSPS) is 14.6. The highest BCUT2D eigenvalue weighted by atomic mass is 35.5. The monoisotopic (exact) mass is 383 g/mol. The summed E-state index contributed by atoms with van der Waals surface area (Å²) in [7, 11) is 0. The average Bonchev–Trinajstić information content (AvgIpc) is 2.70. The maximum absolute atomic E-state index is 12.4. The van der Waals surface area contributed by atoms with E-state index < -0.39 is 5.91 Å². The molecule has 8 nitrogen and oxygen atoms in total. The topological polar surface area (TPSA) is 111 Å². The number of amides is 1. The number of nitrogens with two attached hydrogens (primary N) is 1. The zero-order chi connectivity index (χ0) is 19.2. The molecule has 2 heterocycles. The highest BCUT2D eigenvalue weighted by molar-refractivity contribution is 6.33. The largest absolute Gasteiger partial charge is 0.398 e. The molecule has 0 unspecified atom stereocenters. The molecule has 9 heteroatoms. The summed E-state index contributed by atoms with van der Waals surface area (Å²) in [5.41, 5.74) is 6.58. The van der Waals surface area contributed by atoms with Crippen LogP contribution in [0.5, 0.6) is 0 Å². The maximum atomic E-state index is 12.4. The summed E-state index contributed by atoms with van der Waals surface area (Å²) in [6.07, 6.45) is 4.99. The van der Waals surface area contributed by atoms with Crippen LogP contribution in [0.15, 0.2) is 48.4 Å². The van der Waals surface area contributed by atoms with E-state index in [1.165, 1.54) is 0 Å². The van der Waals surface area contributed by atoms with Gasteiger partial charge in [-0.3, -0.25) is 4.79 Å². The molecule has 3 rings (SSSR count). The Morgan fingerprint density at radius 2 is 1.96 bits per heavy atom. The minimum Gasteiger partial charge on any atom is -0.398 e. The molecule has 0 bridgehead atoms. The van der Waals surface area contributed by atoms with Crippen LogP contribution < -0.4 is 16.0 Å². The van der Waals surface area contributed by atoms with E-state index in [4.69, 9.17) is 17.3 Å². The Labute approximate surface area is 161 Å². The van der Waals surface area contributed by atoms with Crippen LogP contribution in [-0.4, -0.2) is 47.0 Å². The number of piperazine rings is 1. The first-order valence-electron chi connectivity index (χ1n) is 8.31. The van der Waals surface area contributed by atoms with E-state index in [0.29, 0.717) is 48.5 Å². The van der Waals surface area contributed by atoms with Gasteiger partial charge in [0.15, 0.2) is 0 Å². The predicted octanol–water partition coefficient (Wildman–Crippen LogP) is 1.88. The number of nitriles is 1. The third-order valence-corrected chi connectivity index (χ3v) is 4.41. The number of halogens is 1. The van der Waals surface area contributed by atoms with E-state index in [0.717, 1.165) is 0 Å². The third kappa shape index (κ3) is 4.65. The molecule has 3 N–H and O–H groups in total. The van der Waals surface area contributed by atoms with Crippen LogP contribution in [0.4, 0.5) is 17.3 Å². The van der Waals surface area contributed by atoms with Crippen molar-refractivity contribution >= 4 is 34.8 Å². The average molecular weight is 384 g/mol. The van der Waals surface area contributed by atoms with Crippen molar-refractivity contribution in [2.45, 2.75) is 0 Å². The van der Waals surface area contributed by atoms with Gasteiger partial charge in [-0.2, -0.15) is 5.26 Å². The van der Waals surface area contributed by atoms with Gasteiger partial charge in [0.1, 0.15) is 11.6 Å². The zero-order valence-corrected chi connectivity index (χ0v) is 15.2. The van der Waals surface area contributed by atoms with Crippen molar-refractivity contribution in [1.29, 1.82) is 5.26 Å². The number of aromatic nitrogens is 2. The lowest BCUT2D eigenvalue weighted by Gasteiger charge is -2.34. The van der Waals surface area contributed by atoms with Gasteiger partial charge in [-0.15, -0.1) is 0 Å². The summed E-state index contributed by atoms with van der Waals surface area (Å²) in [5.74, 6) is 0.187. The number of nitrogens with zero attached hydrogens (tertiary/aromatic N) is 5. The lowest BCUT2D eigenvalue weighted by molar-refractivity contribution is -0.112. The molecule has 1 aromatic carbocycles. The highest BCUT2D eigenvalue weighted by Crippen LogP contribution is 2.23. The van der Waals surface area contributed by atoms with E-state index in [2.05, 4.69) is 20.2 Å². The minimum atomic E-state index is -0.493. The van der Waals surface area contributed by atoms with E-state index in [9.17, 15) is 10.1 Å². The molecular weight excluding hydrogens is 366 g/mol. The van der Waals surface area contributed by atoms with Gasteiger partial charge in [0.25, 0.3) is 5.91 Å². The van der Waals surface area contributed by atoms with Crippen molar-refractivity contribution in [2.24, 2.45) is 0 Å². The quantitative estimate of drug-likeness (QED) is 0.471. The van der Waals surface area contributed by atoms with Gasteiger partial charge in [0.05, 0.1) is 10.7 Å². The molecule has 2 aromatic rings. The number of rotatable bonds is 4. The number of benzene rings is 1. The van der Waals surface area contributed by atoms with Crippen molar-refractivity contribution in [3.63, 3.8) is 0 Å². The third-order valence-electron chi connectivity index (χ3n) is 4.08. The van der Waals surface area contributed by atoms with Crippen molar-refractivity contribution in [3.05, 3.63) is 53.5 Å². The first-order valence-corrected chi connectivity index (χ1v) is 8.69. The Balaban J connectivity index is 1.62. The molecule has 0 spiro atoms. The van der Waals surface area contributed by atoms with Crippen molar-refractivity contribution in [3.8, 4) is 6.07 Å². The van der Waals surface area contributed by atoms with Crippen LogP contribution in [0.25, 0.3) is 0 Å². The zero-order valence-electron chi connectivity index (χ0n) is 14.5. The number of hydrogen-bond acceptors (Lipinski definition) is 7. The number of carbonyl (C=O) groups excluding carboxylic acids is 1. The van der Waals surface area contributed by atoms with Crippen LogP contribution in [0, 0.1) is 11.3 Å². The van der Waals surface area contributed by atoms with Gasteiger partial charge in [-0.25, -0.2) is 9.97 Å². The van der Waals surface area contributed by atoms with Crippen LogP contribution >= 0.6 is 11.6 Å². The Bertz CT molecular complexity index is 886. The molecule has 0 atom stereocenters. The lowest BCUT2D eigenvalue weighted by Crippen LogP contribution is -2.45. The van der Waals surface area contributed by atoms with Crippen molar-refractivity contribution in [1.82, 2.24) is 14.9 Å². The van der Waals surface area contributed by atoms with Gasteiger partial charge in [0, 0.05) is 50.5 Å². The molecular formula is C18H18ClN7O. The first kappa shape index (κ1) is 18.5. The van der Waals surface area contributed by atoms with Crippen LogP contribution in [0.1, 0.15) is 0 Å². The number of anilines is 3. The molecule has 0 aliphatic carbocycles. The molecule has 0 radical (unpaired) electrons. The summed E-state index contributed by atoms with van der Waals surface area (Å²) in [6, 6.07) is 8.49. The molecule has 1 aliphatic heterocycles. The minimum absolute atomic E-state index is 0.0207. The lowest BCUT2D eigenvalue weighted by atomic mass is 10.2. The molecule has 1 amide bonds. The van der Waals surface area contributed by atoms with E-state index in [-0.39, 0.29) is 5.57 Å². The smallest absolute Gasteiger partial charge is 0.267 e. The number of nitrogen functional groups attached to an aromatic ring is 1. The summed E-state index contributed by atoms with van der Waals surface area (Å²) >= 11 is 5.95. The molecule has 138 valence electrons. The summed E-state index contributed by atoms with van der Waals surface area (Å²) in [5, 5.41) is 12.4. The Hall–Kier alpha value is -3.31. The summed E-state index contributed by atoms with van der Waals surface area (Å²) in [6.45, 7) is 2.72. The molecule has 1 fully saturated rings. The predicted molar refractivity (Wildman–Crippen MR) is 104 cm³/mol. The molecule has 0 saturated carbocycles. The fourth-order valence-electron chi connectivity index (χ4n) is 2.63. The molecule has 1 aromatic heterocycles. The van der Waals surface area contributed by atoms with Crippen LogP contribution in [0.3, 0.4) is 0 Å². The summed E-state index contributed by atoms with van der Waals surface area (Å²) in [4.78, 5) is 24.8. The second-order valence-corrected chi connectivity index (χ2v) is 6.32. The van der Waals surface area contributed by atoms with E-state index in [1.54, 1.807) is 42.9 Å². The number of nitrogens with one attached hydrogen (secondary N) is 1. The molecule has 27 heavy (non-hydrogen) atoms. The van der Waals surface area contributed by atoms with Crippen LogP contribution in [-0.2, 0) is 4.79 Å². The van der Waals surface area contributed by atoms with Gasteiger partial charge in [0.2, 0.25) is 5.95 Å². The second-order valence-electron chi connectivity index (χ2n) is 5.92. The first-order chi connectivity index (χ1) is 13.1. The Kier molecular flexibility index (Phi) is 5.74. The Morgan fingerprint density at radius 3 is 2.59 bits per heavy atom. The van der Waals surface area contributed by atoms with E-state index in [1.807, 2.05) is 11.0 Å². The van der Waals surface area contributed by atoms with Gasteiger partial charge in [-0.05, 0) is 24.3 Å². The highest BCUT2D eigenvalue weighted by Gasteiger charge is 2.19. The second kappa shape index (κ2) is 8.38. The van der Waals surface area contributed by atoms with E-state index >= 15 is 0 Å². The van der Waals surface area contributed by atoms with Crippen molar-refractivity contribution < 1.29 is 4.79 Å². The van der Waals surface area contributed by atoms with Gasteiger partial charge in [-0.1, -0.05) is 11.6 Å². The molecule has 1 aliphatic rings. The number of carbonyl (C=O) groups is 1. The van der Waals surface area contributed by atoms with Gasteiger partial charge >= 0.3 is 0 Å². The van der Waals surface area contributed by atoms with Gasteiger partial charge < -0.3 is 20.9 Å². The fraction of sp³-hybridized carbons (Fsp3) is 0.222.